The summed E-state index contributed by atoms with van der Waals surface area (Å²) in [5, 5.41) is 0. The summed E-state index contributed by atoms with van der Waals surface area (Å²) in [5.74, 6) is -1.16. The summed E-state index contributed by atoms with van der Waals surface area (Å²) in [5.41, 5.74) is -1.47. The third-order valence-corrected chi connectivity index (χ3v) is 12.0. The van der Waals surface area contributed by atoms with E-state index in [1.807, 2.05) is 41.5 Å². The Balaban J connectivity index is 6.02. The van der Waals surface area contributed by atoms with Gasteiger partial charge in [0, 0.05) is 51.7 Å². The Hall–Kier alpha value is -0.866. The molecule has 0 atom stereocenters. The normalized spacial score (nSPS) is 12.5. The number of rotatable bonds is 24. The second-order valence-corrected chi connectivity index (χ2v) is 13.7. The van der Waals surface area contributed by atoms with Crippen LogP contribution < -0.4 is 0 Å². The highest BCUT2D eigenvalue weighted by Crippen LogP contribution is 2.37. The summed E-state index contributed by atoms with van der Waals surface area (Å²) >= 11 is 0. The quantitative estimate of drug-likeness (QED) is 0.0919. The Morgan fingerprint density at radius 1 is 0.486 bits per heavy atom. The number of ether oxygens (including phenoxy) is 2. The molecule has 0 spiro atoms. The van der Waals surface area contributed by atoms with Gasteiger partial charge in [-0.3, -0.25) is 9.59 Å². The minimum atomic E-state index is -2.95. The predicted octanol–water partition coefficient (Wildman–Crippen LogP) is 4.76. The fourth-order valence-corrected chi connectivity index (χ4v) is 9.60. The molecule has 0 amide bonds. The molecule has 0 aliphatic heterocycles. The molecule has 220 valence electrons. The van der Waals surface area contributed by atoms with Gasteiger partial charge >= 0.3 is 29.5 Å². The van der Waals surface area contributed by atoms with Crippen molar-refractivity contribution in [2.45, 2.75) is 93.2 Å². The van der Waals surface area contributed by atoms with Crippen LogP contribution in [0.2, 0.25) is 12.1 Å². The lowest BCUT2D eigenvalue weighted by Crippen LogP contribution is -2.48. The highest BCUT2D eigenvalue weighted by Gasteiger charge is 2.51. The molecule has 0 heterocycles. The van der Waals surface area contributed by atoms with Gasteiger partial charge in [-0.25, -0.2) is 0 Å². The molecule has 0 aromatic carbocycles. The molecule has 0 unspecified atom stereocenters. The van der Waals surface area contributed by atoms with Crippen molar-refractivity contribution in [1.82, 2.24) is 0 Å². The van der Waals surface area contributed by atoms with Crippen molar-refractivity contribution in [2.24, 2.45) is 5.41 Å². The Morgan fingerprint density at radius 3 is 0.973 bits per heavy atom. The second kappa shape index (κ2) is 20.1. The average molecular weight is 569 g/mol. The van der Waals surface area contributed by atoms with Gasteiger partial charge in [0.15, 0.2) is 5.41 Å². The van der Waals surface area contributed by atoms with E-state index in [2.05, 4.69) is 0 Å². The van der Waals surface area contributed by atoms with E-state index in [1.165, 1.54) is 0 Å². The van der Waals surface area contributed by atoms with Gasteiger partial charge in [-0.1, -0.05) is 0 Å². The second-order valence-electron chi connectivity index (χ2n) is 8.19. The molecule has 0 radical (unpaired) electrons. The van der Waals surface area contributed by atoms with E-state index in [1.54, 1.807) is 13.8 Å². The molecule has 0 saturated carbocycles. The first kappa shape index (κ1) is 36.1. The molecule has 0 saturated heterocycles. The zero-order valence-electron chi connectivity index (χ0n) is 24.5. The van der Waals surface area contributed by atoms with Gasteiger partial charge in [-0.15, -0.1) is 0 Å². The van der Waals surface area contributed by atoms with Gasteiger partial charge in [0.05, 0.1) is 13.2 Å². The van der Waals surface area contributed by atoms with Crippen molar-refractivity contribution in [3.63, 3.8) is 0 Å². The summed E-state index contributed by atoms with van der Waals surface area (Å²) in [7, 11) is -5.91. The van der Waals surface area contributed by atoms with E-state index in [4.69, 9.17) is 36.0 Å². The standard InChI is InChI=1S/C25H52O10Si2/c1-9-28-23(26)25(24(27)29-10-2,19-17-21-36(30-11-3,31-12-4)32-13-5)20-18-22-37(33-14-6,34-15-7)35-16-8/h9-22H2,1-8H3. The SMILES string of the molecule is CCOC(=O)C(CCC[Si](OCC)(OCC)OCC)(CCC[Si](OCC)(OCC)OCC)C(=O)OCC. The van der Waals surface area contributed by atoms with Crippen molar-refractivity contribution in [3.05, 3.63) is 0 Å². The van der Waals surface area contributed by atoms with Gasteiger partial charge in [0.25, 0.3) is 0 Å². The van der Waals surface area contributed by atoms with Gasteiger partial charge in [-0.05, 0) is 81.1 Å². The summed E-state index contributed by atoms with van der Waals surface area (Å²) in [6.45, 7) is 17.8. The van der Waals surface area contributed by atoms with Gasteiger partial charge < -0.3 is 36.0 Å². The van der Waals surface area contributed by atoms with E-state index in [9.17, 15) is 9.59 Å². The van der Waals surface area contributed by atoms with Crippen LogP contribution >= 0.6 is 0 Å². The monoisotopic (exact) mass is 568 g/mol. The van der Waals surface area contributed by atoms with Gasteiger partial charge in [-0.2, -0.15) is 0 Å². The lowest BCUT2D eigenvalue weighted by Gasteiger charge is -2.33. The van der Waals surface area contributed by atoms with Crippen LogP contribution in [-0.4, -0.2) is 82.4 Å². The number of hydrogen-bond donors (Lipinski definition) is 0. The summed E-state index contributed by atoms with van der Waals surface area (Å²) in [4.78, 5) is 26.7. The summed E-state index contributed by atoms with van der Waals surface area (Å²) < 4.78 is 46.6. The van der Waals surface area contributed by atoms with Crippen molar-refractivity contribution in [2.75, 3.05) is 52.9 Å². The fraction of sp³-hybridized carbons (Fsp3) is 0.920. The van der Waals surface area contributed by atoms with Crippen LogP contribution in [0.4, 0.5) is 0 Å². The van der Waals surface area contributed by atoms with E-state index >= 15 is 0 Å². The molecule has 0 fully saturated rings. The minimum Gasteiger partial charge on any atom is -0.465 e. The maximum atomic E-state index is 13.4. The minimum absolute atomic E-state index is 0.158. The van der Waals surface area contributed by atoms with Crippen LogP contribution in [0, 0.1) is 5.41 Å². The van der Waals surface area contributed by atoms with E-state index in [0.717, 1.165) is 0 Å². The molecule has 12 heteroatoms. The van der Waals surface area contributed by atoms with Crippen LogP contribution in [0.25, 0.3) is 0 Å². The topological polar surface area (TPSA) is 108 Å². The summed E-state index contributed by atoms with van der Waals surface area (Å²) in [6.07, 6.45) is 1.38. The highest BCUT2D eigenvalue weighted by molar-refractivity contribution is 6.61. The molecule has 0 bridgehead atoms. The molecule has 0 aliphatic carbocycles. The summed E-state index contributed by atoms with van der Waals surface area (Å²) in [6, 6.07) is 0.942. The van der Waals surface area contributed by atoms with Crippen molar-refractivity contribution < 1.29 is 45.6 Å². The number of esters is 2. The van der Waals surface area contributed by atoms with Gasteiger partial charge in [0.1, 0.15) is 0 Å². The van der Waals surface area contributed by atoms with Crippen LogP contribution in [-0.2, 0) is 45.6 Å². The van der Waals surface area contributed by atoms with E-state index < -0.39 is 35.0 Å². The zero-order chi connectivity index (χ0) is 28.2. The van der Waals surface area contributed by atoms with Crippen LogP contribution in [0.3, 0.4) is 0 Å². The molecule has 0 aliphatic rings. The predicted molar refractivity (Wildman–Crippen MR) is 145 cm³/mol. The van der Waals surface area contributed by atoms with E-state index in [-0.39, 0.29) is 26.1 Å². The maximum absolute atomic E-state index is 13.4. The Morgan fingerprint density at radius 2 is 0.757 bits per heavy atom. The molecule has 10 nitrogen and oxygen atoms in total. The molecular weight excluding hydrogens is 516 g/mol. The Bertz CT molecular complexity index is 534. The van der Waals surface area contributed by atoms with E-state index in [0.29, 0.717) is 64.6 Å². The third kappa shape index (κ3) is 11.8. The van der Waals surface area contributed by atoms with Gasteiger partial charge in [0.2, 0.25) is 0 Å². The smallest absolute Gasteiger partial charge is 0.465 e. The average Bonchev–Trinajstić information content (AvgIpc) is 2.84. The molecule has 0 aromatic heterocycles. The lowest BCUT2D eigenvalue weighted by atomic mass is 9.79. The largest absolute Gasteiger partial charge is 0.500 e. The van der Waals surface area contributed by atoms with Crippen LogP contribution in [0.5, 0.6) is 0 Å². The highest BCUT2D eigenvalue weighted by atomic mass is 28.4. The number of hydrogen-bond acceptors (Lipinski definition) is 10. The van der Waals surface area contributed by atoms with Crippen LogP contribution in [0.15, 0.2) is 0 Å². The van der Waals surface area contributed by atoms with Crippen LogP contribution in [0.1, 0.15) is 81.1 Å². The van der Waals surface area contributed by atoms with Crippen molar-refractivity contribution in [1.29, 1.82) is 0 Å². The van der Waals surface area contributed by atoms with Crippen molar-refractivity contribution in [3.8, 4) is 0 Å². The van der Waals surface area contributed by atoms with Crippen molar-refractivity contribution >= 4 is 29.5 Å². The zero-order valence-corrected chi connectivity index (χ0v) is 26.5. The first-order valence-electron chi connectivity index (χ1n) is 13.9. The molecule has 0 N–H and O–H groups in total. The fourth-order valence-electron chi connectivity index (χ4n) is 4.37. The maximum Gasteiger partial charge on any atom is 0.500 e. The lowest BCUT2D eigenvalue weighted by molar-refractivity contribution is -0.173. The Kier molecular flexibility index (Phi) is 19.6. The first-order valence-corrected chi connectivity index (χ1v) is 17.8. The molecule has 37 heavy (non-hydrogen) atoms. The Labute approximate surface area is 226 Å². The number of carbonyl (C=O) groups excluding carboxylic acids is 2. The molecular formula is C25H52O10Si2. The first-order chi connectivity index (χ1) is 17.7. The third-order valence-electron chi connectivity index (χ3n) is 5.69. The molecule has 0 aromatic rings. The molecule has 0 rings (SSSR count). The number of carbonyl (C=O) groups is 2.